The van der Waals surface area contributed by atoms with Crippen LogP contribution in [0, 0.1) is 5.92 Å². The fourth-order valence-electron chi connectivity index (χ4n) is 2.79. The molecule has 0 spiro atoms. The second-order valence-corrected chi connectivity index (χ2v) is 4.93. The fourth-order valence-corrected chi connectivity index (χ4v) is 2.79. The monoisotopic (exact) mass is 234 g/mol. The van der Waals surface area contributed by atoms with E-state index >= 15 is 0 Å². The summed E-state index contributed by atoms with van der Waals surface area (Å²) in [5.41, 5.74) is 1.77. The fraction of sp³-hybridized carbons (Fsp3) is 0.615. The highest BCUT2D eigenvalue weighted by molar-refractivity contribution is 5.92. The van der Waals surface area contributed by atoms with Gasteiger partial charge >= 0.3 is 0 Å². The number of amides is 1. The molecule has 1 amide bonds. The SMILES string of the molecule is CCc1ccc(C(=O)N[C@H]2C[C@H]3OCC[C@@H]23)[nH]1. The lowest BCUT2D eigenvalue weighted by atomic mass is 9.76. The second-order valence-electron chi connectivity index (χ2n) is 4.93. The van der Waals surface area contributed by atoms with Crippen LogP contribution in [0.15, 0.2) is 12.1 Å². The zero-order valence-corrected chi connectivity index (χ0v) is 10.0. The smallest absolute Gasteiger partial charge is 0.267 e. The number of hydrogen-bond donors (Lipinski definition) is 2. The van der Waals surface area contributed by atoms with E-state index in [-0.39, 0.29) is 5.91 Å². The van der Waals surface area contributed by atoms with E-state index in [1.165, 1.54) is 0 Å². The average molecular weight is 234 g/mol. The Morgan fingerprint density at radius 2 is 2.47 bits per heavy atom. The van der Waals surface area contributed by atoms with Crippen molar-refractivity contribution in [3.8, 4) is 0 Å². The van der Waals surface area contributed by atoms with Crippen molar-refractivity contribution in [1.29, 1.82) is 0 Å². The van der Waals surface area contributed by atoms with Gasteiger partial charge < -0.3 is 15.0 Å². The van der Waals surface area contributed by atoms with Crippen molar-refractivity contribution in [2.75, 3.05) is 6.61 Å². The molecule has 1 aromatic heterocycles. The minimum Gasteiger partial charge on any atom is -0.378 e. The van der Waals surface area contributed by atoms with E-state index in [9.17, 15) is 4.79 Å². The summed E-state index contributed by atoms with van der Waals surface area (Å²) in [5.74, 6) is 0.555. The number of H-pyrrole nitrogens is 1. The molecule has 1 saturated heterocycles. The number of aromatic nitrogens is 1. The van der Waals surface area contributed by atoms with E-state index in [2.05, 4.69) is 17.2 Å². The van der Waals surface area contributed by atoms with Gasteiger partial charge in [-0.1, -0.05) is 6.92 Å². The highest BCUT2D eigenvalue weighted by Crippen LogP contribution is 2.38. The molecule has 1 aliphatic heterocycles. The highest BCUT2D eigenvalue weighted by Gasteiger charge is 2.45. The number of nitrogens with one attached hydrogen (secondary N) is 2. The Bertz CT molecular complexity index is 427. The Morgan fingerprint density at radius 3 is 3.18 bits per heavy atom. The van der Waals surface area contributed by atoms with Crippen molar-refractivity contribution in [2.24, 2.45) is 5.92 Å². The van der Waals surface area contributed by atoms with Crippen LogP contribution in [-0.2, 0) is 11.2 Å². The maximum atomic E-state index is 12.0. The first-order valence-corrected chi connectivity index (χ1v) is 6.38. The Hall–Kier alpha value is -1.29. The zero-order valence-electron chi connectivity index (χ0n) is 10.0. The van der Waals surface area contributed by atoms with E-state index in [0.29, 0.717) is 23.8 Å². The molecular formula is C13H18N2O2. The van der Waals surface area contributed by atoms with E-state index in [4.69, 9.17) is 4.74 Å². The molecule has 17 heavy (non-hydrogen) atoms. The van der Waals surface area contributed by atoms with Crippen LogP contribution in [0.1, 0.15) is 35.9 Å². The van der Waals surface area contributed by atoms with Gasteiger partial charge in [0, 0.05) is 24.3 Å². The van der Waals surface area contributed by atoms with Crippen LogP contribution < -0.4 is 5.32 Å². The van der Waals surface area contributed by atoms with Crippen LogP contribution in [0.25, 0.3) is 0 Å². The zero-order chi connectivity index (χ0) is 11.8. The van der Waals surface area contributed by atoms with Crippen LogP contribution in [0.2, 0.25) is 0 Å². The van der Waals surface area contributed by atoms with Crippen LogP contribution in [0.5, 0.6) is 0 Å². The number of ether oxygens (including phenoxy) is 1. The number of aromatic amines is 1. The molecule has 2 heterocycles. The normalized spacial score (nSPS) is 30.8. The van der Waals surface area contributed by atoms with Gasteiger partial charge in [-0.15, -0.1) is 0 Å². The van der Waals surface area contributed by atoms with E-state index in [0.717, 1.165) is 31.6 Å². The van der Waals surface area contributed by atoms with Crippen LogP contribution in [-0.4, -0.2) is 29.6 Å². The van der Waals surface area contributed by atoms with Crippen molar-refractivity contribution >= 4 is 5.91 Å². The summed E-state index contributed by atoms with van der Waals surface area (Å²) in [6, 6.07) is 4.13. The predicted octanol–water partition coefficient (Wildman–Crippen LogP) is 1.48. The van der Waals surface area contributed by atoms with Gasteiger partial charge in [0.15, 0.2) is 0 Å². The topological polar surface area (TPSA) is 54.1 Å². The molecule has 0 bridgehead atoms. The summed E-state index contributed by atoms with van der Waals surface area (Å²) < 4.78 is 5.53. The lowest BCUT2D eigenvalue weighted by molar-refractivity contribution is 0.00803. The second kappa shape index (κ2) is 4.18. The maximum Gasteiger partial charge on any atom is 0.267 e. The van der Waals surface area contributed by atoms with Crippen LogP contribution >= 0.6 is 0 Å². The van der Waals surface area contributed by atoms with Crippen molar-refractivity contribution in [3.63, 3.8) is 0 Å². The van der Waals surface area contributed by atoms with Crippen molar-refractivity contribution in [2.45, 2.75) is 38.3 Å². The van der Waals surface area contributed by atoms with Crippen molar-refractivity contribution in [1.82, 2.24) is 10.3 Å². The Morgan fingerprint density at radius 1 is 1.59 bits per heavy atom. The molecule has 3 rings (SSSR count). The number of aryl methyl sites for hydroxylation is 1. The van der Waals surface area contributed by atoms with Crippen molar-refractivity contribution in [3.05, 3.63) is 23.5 Å². The Kier molecular flexibility index (Phi) is 2.67. The molecule has 4 nitrogen and oxygen atoms in total. The Labute approximate surface area is 101 Å². The van der Waals surface area contributed by atoms with Gasteiger partial charge in [-0.3, -0.25) is 4.79 Å². The molecule has 4 heteroatoms. The molecule has 1 aromatic rings. The van der Waals surface area contributed by atoms with E-state index in [1.807, 2.05) is 12.1 Å². The molecule has 0 unspecified atom stereocenters. The number of rotatable bonds is 3. The minimum atomic E-state index is 0.0139. The molecule has 0 radical (unpaired) electrons. The summed E-state index contributed by atoms with van der Waals surface area (Å²) in [7, 11) is 0. The first kappa shape index (κ1) is 10.8. The number of carbonyl (C=O) groups excluding carboxylic acids is 1. The molecular weight excluding hydrogens is 216 g/mol. The largest absolute Gasteiger partial charge is 0.378 e. The third kappa shape index (κ3) is 1.86. The maximum absolute atomic E-state index is 12.0. The third-order valence-corrected chi connectivity index (χ3v) is 3.95. The summed E-state index contributed by atoms with van der Waals surface area (Å²) >= 11 is 0. The minimum absolute atomic E-state index is 0.0139. The van der Waals surface area contributed by atoms with Gasteiger partial charge in [0.2, 0.25) is 0 Å². The van der Waals surface area contributed by atoms with E-state index in [1.54, 1.807) is 0 Å². The summed E-state index contributed by atoms with van der Waals surface area (Å²) in [6.07, 6.45) is 3.38. The predicted molar refractivity (Wildman–Crippen MR) is 63.9 cm³/mol. The molecule has 92 valence electrons. The van der Waals surface area contributed by atoms with E-state index < -0.39 is 0 Å². The molecule has 0 aromatic carbocycles. The molecule has 2 fully saturated rings. The third-order valence-electron chi connectivity index (χ3n) is 3.95. The molecule has 1 saturated carbocycles. The molecule has 1 aliphatic carbocycles. The highest BCUT2D eigenvalue weighted by atomic mass is 16.5. The van der Waals surface area contributed by atoms with Gasteiger partial charge in [-0.2, -0.15) is 0 Å². The van der Waals surface area contributed by atoms with Crippen LogP contribution in [0.4, 0.5) is 0 Å². The van der Waals surface area contributed by atoms with Gasteiger partial charge in [0.25, 0.3) is 5.91 Å². The standard InChI is InChI=1S/C13H18N2O2/c1-2-8-3-4-10(14-8)13(16)15-11-7-12-9(11)5-6-17-12/h3-4,9,11-12,14H,2,5-7H2,1H3,(H,15,16)/t9-,11-,12+/m0/s1. The summed E-state index contributed by atoms with van der Waals surface area (Å²) in [4.78, 5) is 15.1. The molecule has 2 N–H and O–H groups in total. The first-order chi connectivity index (χ1) is 8.28. The first-order valence-electron chi connectivity index (χ1n) is 6.38. The van der Waals surface area contributed by atoms with Gasteiger partial charge in [0.05, 0.1) is 6.10 Å². The quantitative estimate of drug-likeness (QED) is 0.832. The van der Waals surface area contributed by atoms with Crippen molar-refractivity contribution < 1.29 is 9.53 Å². The van der Waals surface area contributed by atoms with Gasteiger partial charge in [0.1, 0.15) is 5.69 Å². The molecule has 2 aliphatic rings. The average Bonchev–Trinajstić information content (AvgIpc) is 2.92. The number of hydrogen-bond acceptors (Lipinski definition) is 2. The van der Waals surface area contributed by atoms with Crippen LogP contribution in [0.3, 0.4) is 0 Å². The van der Waals surface area contributed by atoms with Gasteiger partial charge in [-0.05, 0) is 31.4 Å². The lowest BCUT2D eigenvalue weighted by Crippen LogP contribution is -2.53. The number of carbonyl (C=O) groups is 1. The summed E-state index contributed by atoms with van der Waals surface area (Å²) in [6.45, 7) is 2.92. The summed E-state index contributed by atoms with van der Waals surface area (Å²) in [5, 5.41) is 3.09. The Balaban J connectivity index is 1.60. The molecule has 3 atom stereocenters. The lowest BCUT2D eigenvalue weighted by Gasteiger charge is -2.39. The van der Waals surface area contributed by atoms with Gasteiger partial charge in [-0.25, -0.2) is 0 Å². The number of fused-ring (bicyclic) bond motifs is 1.